The van der Waals surface area contributed by atoms with Crippen molar-refractivity contribution in [2.24, 2.45) is 5.73 Å². The monoisotopic (exact) mass is 295 g/mol. The minimum Gasteiger partial charge on any atom is -0.402 e. The van der Waals surface area contributed by atoms with Gasteiger partial charge in [0.2, 0.25) is 0 Å². The van der Waals surface area contributed by atoms with Gasteiger partial charge in [-0.2, -0.15) is 0 Å². The van der Waals surface area contributed by atoms with E-state index in [1.54, 1.807) is 0 Å². The number of nitrogens with two attached hydrogens (primary N) is 1. The molecule has 3 aromatic carbocycles. The van der Waals surface area contributed by atoms with E-state index in [0.29, 0.717) is 0 Å². The number of allylic oxidation sites excluding steroid dienone is 4. The predicted molar refractivity (Wildman–Crippen MR) is 97.9 cm³/mol. The lowest BCUT2D eigenvalue weighted by Crippen LogP contribution is -2.01. The highest BCUT2D eigenvalue weighted by molar-refractivity contribution is 6.17. The summed E-state index contributed by atoms with van der Waals surface area (Å²) in [6.07, 6.45) is 6.44. The van der Waals surface area contributed by atoms with Crippen LogP contribution in [0.2, 0.25) is 0 Å². The third-order valence-electron chi connectivity index (χ3n) is 5.00. The van der Waals surface area contributed by atoms with Gasteiger partial charge in [0, 0.05) is 5.70 Å². The molecule has 110 valence electrons. The van der Waals surface area contributed by atoms with Gasteiger partial charge >= 0.3 is 0 Å². The first kappa shape index (κ1) is 12.7. The van der Waals surface area contributed by atoms with Crippen molar-refractivity contribution in [3.63, 3.8) is 0 Å². The van der Waals surface area contributed by atoms with Crippen LogP contribution in [-0.2, 0) is 0 Å². The van der Waals surface area contributed by atoms with Crippen LogP contribution < -0.4 is 5.73 Å². The fraction of sp³-hybridized carbons (Fsp3) is 0.0909. The van der Waals surface area contributed by atoms with Crippen molar-refractivity contribution in [2.75, 3.05) is 0 Å². The lowest BCUT2D eigenvalue weighted by molar-refractivity contribution is 0.948. The van der Waals surface area contributed by atoms with Gasteiger partial charge in [0.05, 0.1) is 0 Å². The Bertz CT molecular complexity index is 992. The Morgan fingerprint density at radius 3 is 2.17 bits per heavy atom. The first-order valence-electron chi connectivity index (χ1n) is 8.15. The van der Waals surface area contributed by atoms with E-state index in [2.05, 4.69) is 66.7 Å². The van der Waals surface area contributed by atoms with E-state index in [1.807, 2.05) is 0 Å². The van der Waals surface area contributed by atoms with Crippen LogP contribution in [0.5, 0.6) is 0 Å². The third kappa shape index (κ3) is 1.74. The topological polar surface area (TPSA) is 26.0 Å². The maximum absolute atomic E-state index is 6.07. The number of hydrogen-bond donors (Lipinski definition) is 1. The summed E-state index contributed by atoms with van der Waals surface area (Å²) < 4.78 is 0. The third-order valence-corrected chi connectivity index (χ3v) is 5.00. The van der Waals surface area contributed by atoms with Crippen LogP contribution in [0.15, 0.2) is 72.4 Å². The summed E-state index contributed by atoms with van der Waals surface area (Å²) in [6, 6.07) is 19.9. The van der Waals surface area contributed by atoms with Gasteiger partial charge in [-0.3, -0.25) is 0 Å². The molecule has 0 spiro atoms. The van der Waals surface area contributed by atoms with Gasteiger partial charge in [-0.25, -0.2) is 0 Å². The largest absolute Gasteiger partial charge is 0.402 e. The standard InChI is InChI=1S/C22H17N/c23-15-6-3-5-14(13-15)16-11-12-21-18-8-2-1-7-17(18)20-10-4-9-19(16)22(20)21/h1-2,4-5,7-13H,3,6,23H2. The smallest absolute Gasteiger partial charge is 0.00896 e. The maximum atomic E-state index is 6.07. The molecule has 0 saturated carbocycles. The number of rotatable bonds is 1. The molecule has 0 unspecified atom stereocenters. The Hall–Kier alpha value is -2.80. The van der Waals surface area contributed by atoms with E-state index in [4.69, 9.17) is 5.73 Å². The van der Waals surface area contributed by atoms with E-state index in [-0.39, 0.29) is 0 Å². The van der Waals surface area contributed by atoms with Crippen LogP contribution in [-0.4, -0.2) is 0 Å². The fourth-order valence-corrected chi connectivity index (χ4v) is 3.97. The first-order chi connectivity index (χ1) is 11.3. The van der Waals surface area contributed by atoms with Gasteiger partial charge in [-0.05, 0) is 63.1 Å². The molecule has 0 atom stereocenters. The van der Waals surface area contributed by atoms with Gasteiger partial charge in [0.1, 0.15) is 0 Å². The highest BCUT2D eigenvalue weighted by atomic mass is 14.6. The highest BCUT2D eigenvalue weighted by Crippen LogP contribution is 2.48. The molecule has 23 heavy (non-hydrogen) atoms. The molecule has 0 saturated heterocycles. The zero-order valence-electron chi connectivity index (χ0n) is 12.8. The predicted octanol–water partition coefficient (Wildman–Crippen LogP) is 5.51. The summed E-state index contributed by atoms with van der Waals surface area (Å²) in [5, 5.41) is 2.71. The van der Waals surface area contributed by atoms with Crippen molar-refractivity contribution in [2.45, 2.75) is 12.8 Å². The average Bonchev–Trinajstić information content (AvgIpc) is 2.92. The van der Waals surface area contributed by atoms with Gasteiger partial charge in [-0.1, -0.05) is 60.7 Å². The summed E-state index contributed by atoms with van der Waals surface area (Å²) in [5.41, 5.74) is 15.0. The van der Waals surface area contributed by atoms with Crippen LogP contribution in [0.4, 0.5) is 0 Å². The minimum absolute atomic E-state index is 0.968. The zero-order chi connectivity index (χ0) is 15.4. The SMILES string of the molecule is NC1=CC(c2ccc3c4c(cccc24)-c2ccccc2-3)=CCC1. The van der Waals surface area contributed by atoms with Crippen molar-refractivity contribution in [1.82, 2.24) is 0 Å². The molecule has 0 radical (unpaired) electrons. The number of fused-ring (bicyclic) bond motifs is 3. The van der Waals surface area contributed by atoms with Crippen LogP contribution in [0.3, 0.4) is 0 Å². The molecule has 2 aliphatic carbocycles. The molecule has 1 heteroatoms. The van der Waals surface area contributed by atoms with E-state index in [1.165, 1.54) is 44.2 Å². The normalized spacial score (nSPS) is 15.3. The van der Waals surface area contributed by atoms with Gasteiger partial charge < -0.3 is 5.73 Å². The maximum Gasteiger partial charge on any atom is 0.00896 e. The number of benzene rings is 3. The summed E-state index contributed by atoms with van der Waals surface area (Å²) in [4.78, 5) is 0. The van der Waals surface area contributed by atoms with E-state index >= 15 is 0 Å². The molecular weight excluding hydrogens is 278 g/mol. The first-order valence-corrected chi connectivity index (χ1v) is 8.15. The summed E-state index contributed by atoms with van der Waals surface area (Å²) in [5.74, 6) is 0. The molecule has 0 amide bonds. The molecule has 0 heterocycles. The van der Waals surface area contributed by atoms with Crippen LogP contribution in [0.25, 0.3) is 38.6 Å². The van der Waals surface area contributed by atoms with Crippen molar-refractivity contribution in [3.8, 4) is 22.3 Å². The second-order valence-electron chi connectivity index (χ2n) is 6.35. The summed E-state index contributed by atoms with van der Waals surface area (Å²) >= 11 is 0. The van der Waals surface area contributed by atoms with E-state index in [9.17, 15) is 0 Å². The molecule has 0 bridgehead atoms. The second kappa shape index (κ2) is 4.60. The van der Waals surface area contributed by atoms with Crippen molar-refractivity contribution in [1.29, 1.82) is 0 Å². The molecular formula is C22H17N. The number of hydrogen-bond acceptors (Lipinski definition) is 1. The molecule has 1 nitrogen and oxygen atoms in total. The Labute approximate surface area is 135 Å². The Kier molecular flexibility index (Phi) is 2.54. The van der Waals surface area contributed by atoms with Gasteiger partial charge in [-0.15, -0.1) is 0 Å². The van der Waals surface area contributed by atoms with Crippen molar-refractivity contribution >= 4 is 16.3 Å². The van der Waals surface area contributed by atoms with Crippen LogP contribution >= 0.6 is 0 Å². The fourth-order valence-electron chi connectivity index (χ4n) is 3.97. The van der Waals surface area contributed by atoms with Gasteiger partial charge in [0.15, 0.2) is 0 Å². The average molecular weight is 295 g/mol. The molecule has 0 aliphatic heterocycles. The summed E-state index contributed by atoms with van der Waals surface area (Å²) in [7, 11) is 0. The van der Waals surface area contributed by atoms with E-state index < -0.39 is 0 Å². The van der Waals surface area contributed by atoms with E-state index in [0.717, 1.165) is 18.5 Å². The zero-order valence-corrected chi connectivity index (χ0v) is 12.8. The van der Waals surface area contributed by atoms with Crippen molar-refractivity contribution < 1.29 is 0 Å². The van der Waals surface area contributed by atoms with Crippen LogP contribution in [0.1, 0.15) is 18.4 Å². The quantitative estimate of drug-likeness (QED) is 0.492. The highest BCUT2D eigenvalue weighted by Gasteiger charge is 2.22. The Morgan fingerprint density at radius 2 is 1.39 bits per heavy atom. The lowest BCUT2D eigenvalue weighted by Gasteiger charge is -2.14. The van der Waals surface area contributed by atoms with Gasteiger partial charge in [0.25, 0.3) is 0 Å². The molecule has 0 fully saturated rings. The minimum atomic E-state index is 0.968. The second-order valence-corrected chi connectivity index (χ2v) is 6.35. The molecule has 5 rings (SSSR count). The molecule has 3 aromatic rings. The molecule has 0 aromatic heterocycles. The Morgan fingerprint density at radius 1 is 0.696 bits per heavy atom. The van der Waals surface area contributed by atoms with Crippen molar-refractivity contribution in [3.05, 3.63) is 78.0 Å². The summed E-state index contributed by atoms with van der Waals surface area (Å²) in [6.45, 7) is 0. The van der Waals surface area contributed by atoms with Crippen LogP contribution in [0, 0.1) is 0 Å². The Balaban J connectivity index is 1.85. The molecule has 2 aliphatic rings. The lowest BCUT2D eigenvalue weighted by atomic mass is 9.91. The molecule has 2 N–H and O–H groups in total.